The molecule has 0 saturated heterocycles. The zero-order chi connectivity index (χ0) is 10.4. The molecule has 0 aliphatic rings. The van der Waals surface area contributed by atoms with Crippen LogP contribution in [0.5, 0.6) is 0 Å². The topological polar surface area (TPSA) is 0 Å². The highest BCUT2D eigenvalue weighted by Crippen LogP contribution is 2.17. The maximum Gasteiger partial charge on any atom is 0.127 e. The van der Waals surface area contributed by atoms with E-state index >= 15 is 0 Å². The molecule has 0 heterocycles. The van der Waals surface area contributed by atoms with Crippen molar-refractivity contribution in [2.75, 3.05) is 11.6 Å². The molecule has 1 aromatic rings. The predicted molar refractivity (Wildman–Crippen MR) is 57.9 cm³/mol. The van der Waals surface area contributed by atoms with Gasteiger partial charge >= 0.3 is 0 Å². The predicted octanol–water partition coefficient (Wildman–Crippen LogP) is 3.83. The fraction of sp³-hybridized carbons (Fsp3) is 0.400. The van der Waals surface area contributed by atoms with Crippen LogP contribution in [0.3, 0.4) is 0 Å². The van der Waals surface area contributed by atoms with E-state index < -0.39 is 0 Å². The lowest BCUT2D eigenvalue weighted by Crippen LogP contribution is -1.90. The first kappa shape index (κ1) is 11.8. The zero-order valence-corrected chi connectivity index (χ0v) is 9.18. The second-order valence-electron chi connectivity index (χ2n) is 2.83. The van der Waals surface area contributed by atoms with Gasteiger partial charge in [-0.25, -0.2) is 8.78 Å². The number of halogens is 3. The Morgan fingerprint density at radius 3 is 2.79 bits per heavy atom. The summed E-state index contributed by atoms with van der Waals surface area (Å²) >= 11 is 7.06. The van der Waals surface area contributed by atoms with Crippen molar-refractivity contribution < 1.29 is 8.78 Å². The molecule has 14 heavy (non-hydrogen) atoms. The Morgan fingerprint density at radius 1 is 1.29 bits per heavy atom. The summed E-state index contributed by atoms with van der Waals surface area (Å²) in [5, 5.41) is 0. The van der Waals surface area contributed by atoms with E-state index in [-0.39, 0.29) is 11.6 Å². The molecule has 0 atom stereocenters. The Morgan fingerprint density at radius 2 is 2.07 bits per heavy atom. The number of hydrogen-bond donors (Lipinski definition) is 0. The molecular weight excluding hydrogens is 226 g/mol. The summed E-state index contributed by atoms with van der Waals surface area (Å²) in [5.41, 5.74) is 0.421. The highest BCUT2D eigenvalue weighted by atomic mass is 35.5. The third-order valence-corrected chi connectivity index (χ3v) is 3.05. The van der Waals surface area contributed by atoms with Crippen LogP contribution in [-0.4, -0.2) is 11.6 Å². The summed E-state index contributed by atoms with van der Waals surface area (Å²) < 4.78 is 25.8. The Hall–Kier alpha value is -0.280. The van der Waals surface area contributed by atoms with Gasteiger partial charge < -0.3 is 0 Å². The van der Waals surface area contributed by atoms with Crippen molar-refractivity contribution in [3.8, 4) is 0 Å². The highest BCUT2D eigenvalue weighted by molar-refractivity contribution is 7.98. The largest absolute Gasteiger partial charge is 0.207 e. The molecule has 0 unspecified atom stereocenters. The third kappa shape index (κ3) is 3.84. The van der Waals surface area contributed by atoms with Gasteiger partial charge in [0.1, 0.15) is 11.6 Å². The number of rotatable bonds is 5. The lowest BCUT2D eigenvalue weighted by Gasteiger charge is -2.02. The van der Waals surface area contributed by atoms with Crippen molar-refractivity contribution in [3.63, 3.8) is 0 Å². The molecule has 0 amide bonds. The van der Waals surface area contributed by atoms with Crippen LogP contribution in [0.1, 0.15) is 12.0 Å². The van der Waals surface area contributed by atoms with Gasteiger partial charge in [-0.3, -0.25) is 0 Å². The van der Waals surface area contributed by atoms with Crippen LogP contribution in [0.2, 0.25) is 0 Å². The molecule has 0 N–H and O–H groups in total. The molecule has 0 fully saturated rings. The third-order valence-electron chi connectivity index (χ3n) is 1.69. The lowest BCUT2D eigenvalue weighted by molar-refractivity contribution is 0.591. The van der Waals surface area contributed by atoms with Crippen LogP contribution < -0.4 is 0 Å². The Kier molecular flexibility index (Phi) is 5.26. The average Bonchev–Trinajstić information content (AvgIpc) is 2.18. The average molecular weight is 237 g/mol. The maximum absolute atomic E-state index is 13.1. The van der Waals surface area contributed by atoms with Crippen LogP contribution in [0.15, 0.2) is 18.2 Å². The van der Waals surface area contributed by atoms with E-state index in [2.05, 4.69) is 0 Å². The molecule has 1 rings (SSSR count). The molecule has 0 spiro atoms. The van der Waals surface area contributed by atoms with E-state index in [1.807, 2.05) is 0 Å². The molecule has 1 aromatic carbocycles. The fourth-order valence-corrected chi connectivity index (χ4v) is 2.22. The van der Waals surface area contributed by atoms with Gasteiger partial charge in [-0.1, -0.05) is 0 Å². The van der Waals surface area contributed by atoms with Gasteiger partial charge in [-0.05, 0) is 30.4 Å². The van der Waals surface area contributed by atoms with Crippen LogP contribution in [0.4, 0.5) is 8.78 Å². The maximum atomic E-state index is 13.1. The van der Waals surface area contributed by atoms with Gasteiger partial charge in [-0.2, -0.15) is 11.8 Å². The molecule has 0 aliphatic carbocycles. The second kappa shape index (κ2) is 6.25. The first-order valence-corrected chi connectivity index (χ1v) is 6.00. The summed E-state index contributed by atoms with van der Waals surface area (Å²) in [6.07, 6.45) is 0.892. The quantitative estimate of drug-likeness (QED) is 0.553. The molecule has 0 aromatic heterocycles. The van der Waals surface area contributed by atoms with E-state index in [0.29, 0.717) is 17.2 Å². The minimum Gasteiger partial charge on any atom is -0.207 e. The van der Waals surface area contributed by atoms with Crippen molar-refractivity contribution in [3.05, 3.63) is 35.4 Å². The van der Waals surface area contributed by atoms with Gasteiger partial charge in [0.05, 0.1) is 0 Å². The van der Waals surface area contributed by atoms with Gasteiger partial charge in [0, 0.05) is 17.2 Å². The Balaban J connectivity index is 2.45. The Bertz CT molecular complexity index is 291. The molecule has 4 heteroatoms. The minimum absolute atomic E-state index is 0.343. The first-order valence-electron chi connectivity index (χ1n) is 4.31. The van der Waals surface area contributed by atoms with Crippen molar-refractivity contribution in [1.29, 1.82) is 0 Å². The first-order chi connectivity index (χ1) is 6.74. The van der Waals surface area contributed by atoms with Crippen LogP contribution >= 0.6 is 23.4 Å². The molecule has 0 aliphatic heterocycles. The van der Waals surface area contributed by atoms with Crippen LogP contribution in [0.25, 0.3) is 0 Å². The van der Waals surface area contributed by atoms with E-state index in [1.165, 1.54) is 6.07 Å². The number of benzene rings is 1. The number of thioether (sulfide) groups is 1. The summed E-state index contributed by atoms with van der Waals surface area (Å²) in [4.78, 5) is 0. The van der Waals surface area contributed by atoms with E-state index in [1.54, 1.807) is 11.8 Å². The molecule has 0 bridgehead atoms. The monoisotopic (exact) mass is 236 g/mol. The molecule has 78 valence electrons. The fourth-order valence-electron chi connectivity index (χ4n) is 0.993. The summed E-state index contributed by atoms with van der Waals surface area (Å²) in [5.74, 6) is 1.25. The molecule has 0 nitrogen and oxygen atoms in total. The van der Waals surface area contributed by atoms with Gasteiger partial charge in [0.15, 0.2) is 0 Å². The van der Waals surface area contributed by atoms with Gasteiger partial charge in [0.2, 0.25) is 0 Å². The molecule has 0 saturated carbocycles. The normalized spacial score (nSPS) is 10.5. The van der Waals surface area contributed by atoms with Crippen molar-refractivity contribution in [2.24, 2.45) is 0 Å². The van der Waals surface area contributed by atoms with E-state index in [0.717, 1.165) is 24.3 Å². The van der Waals surface area contributed by atoms with Gasteiger partial charge in [-0.15, -0.1) is 11.6 Å². The molecule has 0 radical (unpaired) electrons. The van der Waals surface area contributed by atoms with E-state index in [4.69, 9.17) is 11.6 Å². The van der Waals surface area contributed by atoms with Crippen molar-refractivity contribution in [2.45, 2.75) is 12.2 Å². The van der Waals surface area contributed by atoms with Gasteiger partial charge in [0.25, 0.3) is 0 Å². The Labute approximate surface area is 91.6 Å². The SMILES string of the molecule is Fc1ccc(F)c(CSCCCCl)c1. The van der Waals surface area contributed by atoms with Crippen molar-refractivity contribution in [1.82, 2.24) is 0 Å². The summed E-state index contributed by atoms with van der Waals surface area (Å²) in [6, 6.07) is 3.53. The van der Waals surface area contributed by atoms with Crippen LogP contribution in [-0.2, 0) is 5.75 Å². The number of hydrogen-bond acceptors (Lipinski definition) is 1. The molecular formula is C10H11ClF2S. The summed E-state index contributed by atoms with van der Waals surface area (Å²) in [7, 11) is 0. The number of alkyl halides is 1. The zero-order valence-electron chi connectivity index (χ0n) is 7.60. The minimum atomic E-state index is -0.389. The second-order valence-corrected chi connectivity index (χ2v) is 4.31. The van der Waals surface area contributed by atoms with Crippen molar-refractivity contribution >= 4 is 23.4 Å². The van der Waals surface area contributed by atoms with Crippen LogP contribution in [0, 0.1) is 11.6 Å². The smallest absolute Gasteiger partial charge is 0.127 e. The summed E-state index contributed by atoms with van der Waals surface area (Å²) in [6.45, 7) is 0. The highest BCUT2D eigenvalue weighted by Gasteiger charge is 2.03. The lowest BCUT2D eigenvalue weighted by atomic mass is 10.2. The van der Waals surface area contributed by atoms with E-state index in [9.17, 15) is 8.78 Å². The standard InChI is InChI=1S/C10H11ClF2S/c11-4-1-5-14-7-8-6-9(12)2-3-10(8)13/h2-3,6H,1,4-5,7H2.